The Morgan fingerprint density at radius 3 is 2.83 bits per heavy atom. The van der Waals surface area contributed by atoms with Crippen molar-refractivity contribution in [2.75, 3.05) is 0 Å². The fourth-order valence-corrected chi connectivity index (χ4v) is 2.12. The third-order valence-electron chi connectivity index (χ3n) is 3.10. The van der Waals surface area contributed by atoms with Gasteiger partial charge in [0, 0.05) is 17.4 Å². The second-order valence-corrected chi connectivity index (χ2v) is 4.43. The quantitative estimate of drug-likeness (QED) is 0.536. The molecule has 0 aliphatic heterocycles. The van der Waals surface area contributed by atoms with Crippen molar-refractivity contribution >= 4 is 22.8 Å². The van der Waals surface area contributed by atoms with E-state index < -0.39 is 0 Å². The van der Waals surface area contributed by atoms with Crippen LogP contribution in [0.1, 0.15) is 48.7 Å². The van der Waals surface area contributed by atoms with E-state index in [0.717, 1.165) is 35.8 Å². The van der Waals surface area contributed by atoms with Gasteiger partial charge >= 0.3 is 0 Å². The Kier molecular flexibility index (Phi) is 3.98. The van der Waals surface area contributed by atoms with Crippen LogP contribution in [0, 0.1) is 0 Å². The summed E-state index contributed by atoms with van der Waals surface area (Å²) in [6.07, 6.45) is 5.37. The van der Waals surface area contributed by atoms with Gasteiger partial charge in [0.25, 0.3) is 0 Å². The molecule has 1 aromatic heterocycles. The van der Waals surface area contributed by atoms with E-state index in [1.807, 2.05) is 24.3 Å². The van der Waals surface area contributed by atoms with E-state index in [-0.39, 0.29) is 5.78 Å². The summed E-state index contributed by atoms with van der Waals surface area (Å²) >= 11 is 0. The number of fused-ring (bicyclic) bond motifs is 1. The lowest BCUT2D eigenvalue weighted by atomic mass is 10.0. The Hall–Kier alpha value is -1.83. The predicted octanol–water partition coefficient (Wildman–Crippen LogP) is 4.84. The first-order valence-corrected chi connectivity index (χ1v) is 6.45. The van der Waals surface area contributed by atoms with Crippen molar-refractivity contribution < 1.29 is 9.21 Å². The standard InChI is InChI=1S/C16H18O2/c1-3-5-6-10-14(17)16-12(4-2)13-9-7-8-11-15(13)18-16/h4,7-9,11H,2-3,5-6,10H2,1H3. The van der Waals surface area contributed by atoms with E-state index >= 15 is 0 Å². The smallest absolute Gasteiger partial charge is 0.198 e. The summed E-state index contributed by atoms with van der Waals surface area (Å²) in [6, 6.07) is 7.68. The van der Waals surface area contributed by atoms with Gasteiger partial charge in [-0.15, -0.1) is 0 Å². The Bertz CT molecular complexity index is 563. The third-order valence-corrected chi connectivity index (χ3v) is 3.10. The maximum atomic E-state index is 12.1. The first-order chi connectivity index (χ1) is 8.77. The van der Waals surface area contributed by atoms with Gasteiger partial charge < -0.3 is 4.42 Å². The highest BCUT2D eigenvalue weighted by Gasteiger charge is 2.17. The highest BCUT2D eigenvalue weighted by atomic mass is 16.3. The first-order valence-electron chi connectivity index (χ1n) is 6.45. The van der Waals surface area contributed by atoms with E-state index in [0.29, 0.717) is 12.2 Å². The van der Waals surface area contributed by atoms with E-state index in [2.05, 4.69) is 13.5 Å². The first kappa shape index (κ1) is 12.6. The summed E-state index contributed by atoms with van der Waals surface area (Å²) in [5.41, 5.74) is 1.58. The van der Waals surface area contributed by atoms with Gasteiger partial charge in [-0.05, 0) is 12.5 Å². The Morgan fingerprint density at radius 2 is 2.11 bits per heavy atom. The molecule has 0 spiro atoms. The molecule has 2 heteroatoms. The summed E-state index contributed by atoms with van der Waals surface area (Å²) in [6.45, 7) is 5.91. The lowest BCUT2D eigenvalue weighted by Crippen LogP contribution is -1.98. The van der Waals surface area contributed by atoms with Crippen LogP contribution in [0.3, 0.4) is 0 Å². The molecular formula is C16H18O2. The molecule has 18 heavy (non-hydrogen) atoms. The Labute approximate surface area is 107 Å². The minimum absolute atomic E-state index is 0.0783. The van der Waals surface area contributed by atoms with E-state index in [4.69, 9.17) is 4.42 Å². The van der Waals surface area contributed by atoms with Crippen molar-refractivity contribution in [1.82, 2.24) is 0 Å². The van der Waals surface area contributed by atoms with E-state index in [9.17, 15) is 4.79 Å². The van der Waals surface area contributed by atoms with Crippen LogP contribution in [0.4, 0.5) is 0 Å². The lowest BCUT2D eigenvalue weighted by Gasteiger charge is -1.98. The zero-order valence-electron chi connectivity index (χ0n) is 10.7. The van der Waals surface area contributed by atoms with Crippen LogP contribution >= 0.6 is 0 Å². The second-order valence-electron chi connectivity index (χ2n) is 4.43. The molecule has 0 N–H and O–H groups in total. The minimum Gasteiger partial charge on any atom is -0.452 e. The predicted molar refractivity (Wildman–Crippen MR) is 74.8 cm³/mol. The van der Waals surface area contributed by atoms with Crippen LogP contribution in [-0.4, -0.2) is 5.78 Å². The minimum atomic E-state index is 0.0783. The number of para-hydroxylation sites is 1. The topological polar surface area (TPSA) is 30.2 Å². The number of carbonyl (C=O) groups is 1. The molecule has 2 aromatic rings. The summed E-state index contributed by atoms with van der Waals surface area (Å²) in [7, 11) is 0. The SMILES string of the molecule is C=Cc1c(C(=O)CCCCC)oc2ccccc12. The van der Waals surface area contributed by atoms with Crippen LogP contribution < -0.4 is 0 Å². The lowest BCUT2D eigenvalue weighted by molar-refractivity contribution is 0.0954. The summed E-state index contributed by atoms with van der Waals surface area (Å²) in [5, 5.41) is 0.964. The van der Waals surface area contributed by atoms with Crippen LogP contribution in [0.2, 0.25) is 0 Å². The molecule has 0 bridgehead atoms. The van der Waals surface area contributed by atoms with E-state index in [1.165, 1.54) is 0 Å². The maximum absolute atomic E-state index is 12.1. The van der Waals surface area contributed by atoms with Crippen LogP contribution in [0.15, 0.2) is 35.3 Å². The van der Waals surface area contributed by atoms with Crippen molar-refractivity contribution in [3.63, 3.8) is 0 Å². The Balaban J connectivity index is 2.32. The molecule has 1 heterocycles. The normalized spacial score (nSPS) is 10.7. The number of ketones is 1. The number of benzene rings is 1. The number of unbranched alkanes of at least 4 members (excludes halogenated alkanes) is 2. The molecule has 0 fully saturated rings. The molecule has 94 valence electrons. The molecule has 0 saturated heterocycles. The van der Waals surface area contributed by atoms with Crippen molar-refractivity contribution in [1.29, 1.82) is 0 Å². The van der Waals surface area contributed by atoms with Crippen LogP contribution in [-0.2, 0) is 0 Å². The van der Waals surface area contributed by atoms with Gasteiger partial charge in [0.05, 0.1) is 0 Å². The van der Waals surface area contributed by atoms with Crippen molar-refractivity contribution in [3.8, 4) is 0 Å². The molecule has 0 unspecified atom stereocenters. The molecule has 0 radical (unpaired) electrons. The average molecular weight is 242 g/mol. The molecule has 0 amide bonds. The largest absolute Gasteiger partial charge is 0.452 e. The van der Waals surface area contributed by atoms with Gasteiger partial charge in [0.1, 0.15) is 5.58 Å². The van der Waals surface area contributed by atoms with Gasteiger partial charge in [-0.2, -0.15) is 0 Å². The monoisotopic (exact) mass is 242 g/mol. The molecule has 0 saturated carbocycles. The molecule has 0 atom stereocenters. The van der Waals surface area contributed by atoms with Crippen molar-refractivity contribution in [2.45, 2.75) is 32.6 Å². The highest BCUT2D eigenvalue weighted by molar-refractivity contribution is 6.03. The molecule has 0 aliphatic rings. The number of hydrogen-bond acceptors (Lipinski definition) is 2. The second kappa shape index (κ2) is 5.67. The number of rotatable bonds is 6. The van der Waals surface area contributed by atoms with Gasteiger partial charge in [0.15, 0.2) is 11.5 Å². The average Bonchev–Trinajstić information content (AvgIpc) is 2.77. The Morgan fingerprint density at radius 1 is 1.33 bits per heavy atom. The highest BCUT2D eigenvalue weighted by Crippen LogP contribution is 2.28. The number of carbonyl (C=O) groups excluding carboxylic acids is 1. The number of Topliss-reactive ketones (excluding diaryl/α,β-unsaturated/α-hetero) is 1. The maximum Gasteiger partial charge on any atom is 0.198 e. The molecule has 2 nitrogen and oxygen atoms in total. The molecule has 2 rings (SSSR count). The van der Waals surface area contributed by atoms with Gasteiger partial charge in [-0.1, -0.05) is 50.6 Å². The zero-order valence-corrected chi connectivity index (χ0v) is 10.7. The van der Waals surface area contributed by atoms with Crippen molar-refractivity contribution in [3.05, 3.63) is 42.2 Å². The molecule has 1 aromatic carbocycles. The molecule has 0 aliphatic carbocycles. The van der Waals surface area contributed by atoms with Crippen LogP contribution in [0.5, 0.6) is 0 Å². The summed E-state index contributed by atoms with van der Waals surface area (Å²) < 4.78 is 5.66. The van der Waals surface area contributed by atoms with Gasteiger partial charge in [-0.25, -0.2) is 0 Å². The van der Waals surface area contributed by atoms with Gasteiger partial charge in [0.2, 0.25) is 0 Å². The zero-order chi connectivity index (χ0) is 13.0. The number of furan rings is 1. The van der Waals surface area contributed by atoms with E-state index in [1.54, 1.807) is 6.08 Å². The summed E-state index contributed by atoms with van der Waals surface area (Å²) in [4.78, 5) is 12.1. The third kappa shape index (κ3) is 2.37. The summed E-state index contributed by atoms with van der Waals surface area (Å²) in [5.74, 6) is 0.539. The van der Waals surface area contributed by atoms with Crippen LogP contribution in [0.25, 0.3) is 17.0 Å². The fourth-order valence-electron chi connectivity index (χ4n) is 2.12. The van der Waals surface area contributed by atoms with Crippen molar-refractivity contribution in [2.24, 2.45) is 0 Å². The number of hydrogen-bond donors (Lipinski definition) is 0. The van der Waals surface area contributed by atoms with Gasteiger partial charge in [-0.3, -0.25) is 4.79 Å². The molecular weight excluding hydrogens is 224 g/mol. The fraction of sp³-hybridized carbons (Fsp3) is 0.312.